The van der Waals surface area contributed by atoms with E-state index in [0.29, 0.717) is 5.56 Å². The quantitative estimate of drug-likeness (QED) is 0.857. The van der Waals surface area contributed by atoms with Crippen molar-refractivity contribution < 1.29 is 17.9 Å². The molecule has 0 amide bonds. The van der Waals surface area contributed by atoms with Gasteiger partial charge in [0.2, 0.25) is 5.88 Å². The Morgan fingerprint density at radius 1 is 1.12 bits per heavy atom. The fraction of sp³-hybridized carbons (Fsp3) is 0.100. The van der Waals surface area contributed by atoms with Crippen LogP contribution in [0.2, 0.25) is 0 Å². The van der Waals surface area contributed by atoms with Crippen molar-refractivity contribution in [1.82, 2.24) is 10.2 Å². The molecular weight excluding hydrogens is 221 g/mol. The molecule has 0 radical (unpaired) electrons. The molecule has 1 aromatic heterocycles. The Morgan fingerprint density at radius 2 is 1.81 bits per heavy atom. The number of halogens is 3. The molecule has 0 aliphatic heterocycles. The van der Waals surface area contributed by atoms with Gasteiger partial charge in [-0.25, -0.2) is 0 Å². The normalized spacial score (nSPS) is 11.4. The van der Waals surface area contributed by atoms with Crippen LogP contribution in [0.15, 0.2) is 36.5 Å². The van der Waals surface area contributed by atoms with Gasteiger partial charge in [-0.1, -0.05) is 30.3 Å². The minimum absolute atomic E-state index is 0.276. The van der Waals surface area contributed by atoms with Gasteiger partial charge in [-0.3, -0.25) is 5.10 Å². The van der Waals surface area contributed by atoms with Crippen LogP contribution in [0.5, 0.6) is 5.88 Å². The van der Waals surface area contributed by atoms with Gasteiger partial charge in [-0.15, -0.1) is 18.3 Å². The molecule has 84 valence electrons. The van der Waals surface area contributed by atoms with E-state index in [2.05, 4.69) is 14.9 Å². The lowest BCUT2D eigenvalue weighted by molar-refractivity contribution is -0.275. The summed E-state index contributed by atoms with van der Waals surface area (Å²) in [6.07, 6.45) is -3.38. The highest BCUT2D eigenvalue weighted by molar-refractivity contribution is 5.67. The highest BCUT2D eigenvalue weighted by Crippen LogP contribution is 2.31. The fourth-order valence-corrected chi connectivity index (χ4v) is 1.29. The minimum Gasteiger partial charge on any atom is -0.386 e. The van der Waals surface area contributed by atoms with E-state index in [1.54, 1.807) is 30.3 Å². The molecule has 0 fully saturated rings. The molecule has 0 saturated carbocycles. The number of nitrogens with zero attached hydrogens (tertiary/aromatic N) is 1. The van der Waals surface area contributed by atoms with Crippen LogP contribution < -0.4 is 4.74 Å². The van der Waals surface area contributed by atoms with Gasteiger partial charge in [-0.05, 0) is 5.56 Å². The second-order valence-corrected chi connectivity index (χ2v) is 3.02. The number of nitrogens with one attached hydrogen (secondary N) is 1. The van der Waals surface area contributed by atoms with E-state index in [0.717, 1.165) is 0 Å². The van der Waals surface area contributed by atoms with Crippen molar-refractivity contribution in [2.24, 2.45) is 0 Å². The Kier molecular flexibility index (Phi) is 2.55. The second kappa shape index (κ2) is 3.88. The van der Waals surface area contributed by atoms with Crippen LogP contribution in [-0.2, 0) is 0 Å². The predicted molar refractivity (Wildman–Crippen MR) is 50.7 cm³/mol. The number of alkyl halides is 3. The van der Waals surface area contributed by atoms with Crippen molar-refractivity contribution in [1.29, 1.82) is 0 Å². The van der Waals surface area contributed by atoms with E-state index in [1.807, 2.05) is 0 Å². The van der Waals surface area contributed by atoms with Crippen molar-refractivity contribution in [2.75, 3.05) is 0 Å². The first-order chi connectivity index (χ1) is 7.56. The molecule has 2 rings (SSSR count). The molecule has 1 heterocycles. The van der Waals surface area contributed by atoms with Gasteiger partial charge < -0.3 is 4.74 Å². The van der Waals surface area contributed by atoms with Gasteiger partial charge in [0.25, 0.3) is 0 Å². The summed E-state index contributed by atoms with van der Waals surface area (Å²) in [6, 6.07) is 8.56. The zero-order valence-electron chi connectivity index (χ0n) is 7.95. The summed E-state index contributed by atoms with van der Waals surface area (Å²) in [5.41, 5.74) is 0.883. The van der Waals surface area contributed by atoms with Crippen molar-refractivity contribution in [3.05, 3.63) is 36.5 Å². The van der Waals surface area contributed by atoms with Gasteiger partial charge >= 0.3 is 6.36 Å². The molecule has 1 N–H and O–H groups in total. The van der Waals surface area contributed by atoms with Gasteiger partial charge in [0.1, 0.15) is 0 Å². The van der Waals surface area contributed by atoms with E-state index in [-0.39, 0.29) is 5.56 Å². The lowest BCUT2D eigenvalue weighted by atomic mass is 10.1. The first-order valence-corrected chi connectivity index (χ1v) is 4.41. The molecule has 2 aromatic rings. The number of benzene rings is 1. The number of H-pyrrole nitrogens is 1. The van der Waals surface area contributed by atoms with Gasteiger partial charge in [0.15, 0.2) is 0 Å². The zero-order chi connectivity index (χ0) is 11.6. The third kappa shape index (κ3) is 2.33. The van der Waals surface area contributed by atoms with Crippen molar-refractivity contribution in [3.8, 4) is 17.0 Å². The lowest BCUT2D eigenvalue weighted by Gasteiger charge is -2.07. The average molecular weight is 228 g/mol. The summed E-state index contributed by atoms with van der Waals surface area (Å²) in [5, 5.41) is 5.76. The molecule has 3 nitrogen and oxygen atoms in total. The second-order valence-electron chi connectivity index (χ2n) is 3.02. The maximum atomic E-state index is 12.0. The Hall–Kier alpha value is -1.98. The van der Waals surface area contributed by atoms with Gasteiger partial charge in [0.05, 0.1) is 5.56 Å². The maximum absolute atomic E-state index is 12.0. The molecule has 1 aromatic carbocycles. The molecule has 6 heteroatoms. The summed E-state index contributed by atoms with van der Waals surface area (Å²) in [5.74, 6) is -0.473. The summed E-state index contributed by atoms with van der Waals surface area (Å²) in [4.78, 5) is 0. The average Bonchev–Trinajstić information content (AvgIpc) is 2.64. The molecule has 0 atom stereocenters. The number of rotatable bonds is 2. The SMILES string of the molecule is FC(F)(F)Oc1n[nH]cc1-c1ccccc1. The Morgan fingerprint density at radius 3 is 2.44 bits per heavy atom. The van der Waals surface area contributed by atoms with Crippen LogP contribution in [0.25, 0.3) is 11.1 Å². The standard InChI is InChI=1S/C10H7F3N2O/c11-10(12,13)16-9-8(6-14-15-9)7-4-2-1-3-5-7/h1-6H,(H,14,15). The first-order valence-electron chi connectivity index (χ1n) is 4.41. The van der Waals surface area contributed by atoms with Crippen LogP contribution in [-0.4, -0.2) is 16.6 Å². The van der Waals surface area contributed by atoms with E-state index >= 15 is 0 Å². The van der Waals surface area contributed by atoms with E-state index < -0.39 is 12.2 Å². The summed E-state index contributed by atoms with van der Waals surface area (Å²) in [7, 11) is 0. The number of ether oxygens (including phenoxy) is 1. The smallest absolute Gasteiger partial charge is 0.386 e. The highest BCUT2D eigenvalue weighted by atomic mass is 19.4. The Labute approximate surface area is 88.9 Å². The van der Waals surface area contributed by atoms with Gasteiger partial charge in [0, 0.05) is 6.20 Å². The molecule has 16 heavy (non-hydrogen) atoms. The van der Waals surface area contributed by atoms with Gasteiger partial charge in [-0.2, -0.15) is 0 Å². The predicted octanol–water partition coefficient (Wildman–Crippen LogP) is 2.98. The van der Waals surface area contributed by atoms with Crippen LogP contribution in [0.1, 0.15) is 0 Å². The molecule has 0 aliphatic carbocycles. The van der Waals surface area contributed by atoms with E-state index in [4.69, 9.17) is 0 Å². The topological polar surface area (TPSA) is 37.9 Å². The third-order valence-corrected chi connectivity index (χ3v) is 1.90. The molecule has 0 aliphatic rings. The summed E-state index contributed by atoms with van der Waals surface area (Å²) in [6.45, 7) is 0. The van der Waals surface area contributed by atoms with Crippen molar-refractivity contribution in [3.63, 3.8) is 0 Å². The van der Waals surface area contributed by atoms with Crippen molar-refractivity contribution in [2.45, 2.75) is 6.36 Å². The molecule has 0 unspecified atom stereocenters. The lowest BCUT2D eigenvalue weighted by Crippen LogP contribution is -2.17. The zero-order valence-corrected chi connectivity index (χ0v) is 7.95. The molecule has 0 spiro atoms. The molecular formula is C10H7F3N2O. The van der Waals surface area contributed by atoms with Crippen molar-refractivity contribution >= 4 is 0 Å². The number of aromatic nitrogens is 2. The van der Waals surface area contributed by atoms with Crippen LogP contribution in [0.3, 0.4) is 0 Å². The fourth-order valence-electron chi connectivity index (χ4n) is 1.29. The van der Waals surface area contributed by atoms with Crippen LogP contribution in [0, 0.1) is 0 Å². The van der Waals surface area contributed by atoms with Crippen LogP contribution in [0.4, 0.5) is 13.2 Å². The largest absolute Gasteiger partial charge is 0.574 e. The third-order valence-electron chi connectivity index (χ3n) is 1.90. The monoisotopic (exact) mass is 228 g/mol. The molecule has 0 bridgehead atoms. The summed E-state index contributed by atoms with van der Waals surface area (Å²) >= 11 is 0. The highest BCUT2D eigenvalue weighted by Gasteiger charge is 2.33. The number of hydrogen-bond acceptors (Lipinski definition) is 2. The number of hydrogen-bond donors (Lipinski definition) is 1. The Bertz CT molecular complexity index is 464. The first kappa shape index (κ1) is 10.5. The maximum Gasteiger partial charge on any atom is 0.574 e. The molecule has 0 saturated heterocycles. The number of aromatic amines is 1. The van der Waals surface area contributed by atoms with E-state index in [1.165, 1.54) is 6.20 Å². The minimum atomic E-state index is -4.74. The van der Waals surface area contributed by atoms with Crippen LogP contribution >= 0.6 is 0 Å². The summed E-state index contributed by atoms with van der Waals surface area (Å²) < 4.78 is 39.9. The van der Waals surface area contributed by atoms with E-state index in [9.17, 15) is 13.2 Å². The Balaban J connectivity index is 2.33.